The van der Waals surface area contributed by atoms with Crippen molar-refractivity contribution in [2.24, 2.45) is 0 Å². The Balaban J connectivity index is 1.14. The average Bonchev–Trinajstić information content (AvgIpc) is 3.32. The molecule has 0 saturated heterocycles. The minimum atomic E-state index is 0.0390. The van der Waals surface area contributed by atoms with Crippen LogP contribution in [0.3, 0.4) is 0 Å². The van der Waals surface area contributed by atoms with E-state index >= 15 is 0 Å². The second-order valence-electron chi connectivity index (χ2n) is 17.5. The maximum absolute atomic E-state index is 6.17. The van der Waals surface area contributed by atoms with Gasteiger partial charge in [0.2, 0.25) is 13.4 Å². The Kier molecular flexibility index (Phi) is 6.70. The van der Waals surface area contributed by atoms with Crippen molar-refractivity contribution < 1.29 is 9.47 Å². The third-order valence-corrected chi connectivity index (χ3v) is 14.6. The molecule has 4 aliphatic rings. The van der Waals surface area contributed by atoms with E-state index in [1.807, 2.05) is 0 Å². The summed E-state index contributed by atoms with van der Waals surface area (Å²) in [5.74, 6) is 1.72. The number of aryl methyl sites for hydroxylation is 2. The van der Waals surface area contributed by atoms with Crippen LogP contribution in [0.25, 0.3) is 54.6 Å². The van der Waals surface area contributed by atoms with Gasteiger partial charge in [0.15, 0.2) is 0 Å². The van der Waals surface area contributed by atoms with Gasteiger partial charge in [0.25, 0.3) is 0 Å². The zero-order valence-corrected chi connectivity index (χ0v) is 34.9. The van der Waals surface area contributed by atoms with Gasteiger partial charge in [-0.3, -0.25) is 0 Å². The van der Waals surface area contributed by atoms with Gasteiger partial charge < -0.3 is 19.3 Å². The molecule has 0 atom stereocenters. The van der Waals surface area contributed by atoms with E-state index in [-0.39, 0.29) is 13.4 Å². The summed E-state index contributed by atoms with van der Waals surface area (Å²) in [4.78, 5) is 4.89. The number of benzene rings is 10. The molecule has 6 heteroatoms. The highest BCUT2D eigenvalue weighted by atomic mass is 16.5. The molecule has 4 aliphatic heterocycles. The first-order valence-electron chi connectivity index (χ1n) is 21.6. The van der Waals surface area contributed by atoms with Gasteiger partial charge >= 0.3 is 0 Å². The molecule has 62 heavy (non-hydrogen) atoms. The van der Waals surface area contributed by atoms with Crippen molar-refractivity contribution in [3.05, 3.63) is 169 Å². The molecule has 0 radical (unpaired) electrons. The standard InChI is InChI=1S/C56H38B2N2O2/c1-31-23-39-41-25-35(61-3)27-49-55(41)58(44-20-12-14-22-48(44)59(49)33-15-7-5-8-16-33)46-30-38-32(2)24-40-42-26-36(62-4)28-50-56(42)57(45-29-37(31)53(51(39)46)54(38)52(40)45)43-19-11-13-21-47(43)60(50)34-17-9-6-10-18-34/h5-30H,1-4H3. The Hall–Kier alpha value is -7.43. The molecule has 0 fully saturated rings. The maximum Gasteiger partial charge on any atom is 0.248 e. The van der Waals surface area contributed by atoms with Crippen LogP contribution in [0.4, 0.5) is 34.1 Å². The van der Waals surface area contributed by atoms with Crippen molar-refractivity contribution in [2.45, 2.75) is 13.8 Å². The number of nitrogens with zero attached hydrogens (tertiary/aromatic N) is 2. The summed E-state index contributed by atoms with van der Waals surface area (Å²) in [7, 11) is 3.59. The number of hydrogen-bond donors (Lipinski definition) is 0. The molecule has 0 amide bonds. The van der Waals surface area contributed by atoms with Crippen LogP contribution in [-0.4, -0.2) is 27.6 Å². The van der Waals surface area contributed by atoms with E-state index in [4.69, 9.17) is 9.47 Å². The van der Waals surface area contributed by atoms with Crippen molar-refractivity contribution in [1.82, 2.24) is 0 Å². The summed E-state index contributed by atoms with van der Waals surface area (Å²) in [6, 6.07) is 58.9. The van der Waals surface area contributed by atoms with Crippen LogP contribution in [0.15, 0.2) is 158 Å². The Bertz CT molecular complexity index is 3370. The van der Waals surface area contributed by atoms with E-state index in [0.717, 1.165) is 22.9 Å². The average molecular weight is 793 g/mol. The highest BCUT2D eigenvalue weighted by Gasteiger charge is 2.45. The predicted octanol–water partition coefficient (Wildman–Crippen LogP) is 9.78. The molecule has 0 aliphatic carbocycles. The van der Waals surface area contributed by atoms with Crippen LogP contribution < -0.4 is 52.1 Å². The molecule has 0 spiro atoms. The minimum absolute atomic E-state index is 0.0390. The first-order chi connectivity index (χ1) is 30.5. The Labute approximate surface area is 361 Å². The minimum Gasteiger partial charge on any atom is -0.497 e. The lowest BCUT2D eigenvalue weighted by molar-refractivity contribution is 0.415. The molecule has 10 aromatic rings. The lowest BCUT2D eigenvalue weighted by Gasteiger charge is -2.42. The molecule has 0 saturated carbocycles. The summed E-state index contributed by atoms with van der Waals surface area (Å²) >= 11 is 0. The Morgan fingerprint density at radius 1 is 0.371 bits per heavy atom. The van der Waals surface area contributed by atoms with Gasteiger partial charge in [-0.05, 0) is 150 Å². The molecular weight excluding hydrogens is 754 g/mol. The normalized spacial score (nSPS) is 13.7. The summed E-state index contributed by atoms with van der Waals surface area (Å²) in [6.07, 6.45) is 0. The van der Waals surface area contributed by atoms with Crippen LogP contribution in [0, 0.1) is 13.8 Å². The summed E-state index contributed by atoms with van der Waals surface area (Å²) in [5.41, 5.74) is 22.8. The lowest BCUT2D eigenvalue weighted by Crippen LogP contribution is -2.60. The van der Waals surface area contributed by atoms with Crippen molar-refractivity contribution in [2.75, 3.05) is 24.0 Å². The smallest absolute Gasteiger partial charge is 0.248 e. The molecule has 0 aromatic heterocycles. The first kappa shape index (κ1) is 34.3. The van der Waals surface area contributed by atoms with E-state index < -0.39 is 0 Å². The van der Waals surface area contributed by atoms with Crippen LogP contribution in [0.1, 0.15) is 11.1 Å². The molecule has 290 valence electrons. The SMILES string of the molecule is COc1cc2c3c(c1)N(c1ccccc1)c1ccccc1B3c1cc3c(C)cc4c5c(cc6c(C)cc-2c1c6c35)B1c2ccccc2N(c2ccccc2)c2cc(OC)cc-4c21. The number of anilines is 6. The molecule has 4 nitrogen and oxygen atoms in total. The largest absolute Gasteiger partial charge is 0.497 e. The van der Waals surface area contributed by atoms with Gasteiger partial charge in [0.05, 0.1) is 14.2 Å². The number of rotatable bonds is 4. The monoisotopic (exact) mass is 792 g/mol. The van der Waals surface area contributed by atoms with Crippen LogP contribution in [0.2, 0.25) is 0 Å². The fourth-order valence-corrected chi connectivity index (χ4v) is 12.2. The van der Waals surface area contributed by atoms with Crippen molar-refractivity contribution >= 4 is 113 Å². The zero-order chi connectivity index (χ0) is 41.1. The topological polar surface area (TPSA) is 24.9 Å². The van der Waals surface area contributed by atoms with E-state index in [1.54, 1.807) is 14.2 Å². The zero-order valence-electron chi connectivity index (χ0n) is 34.9. The molecule has 10 aromatic carbocycles. The summed E-state index contributed by atoms with van der Waals surface area (Å²) in [5, 5.41) is 8.12. The van der Waals surface area contributed by atoms with Crippen molar-refractivity contribution in [3.63, 3.8) is 0 Å². The van der Waals surface area contributed by atoms with Crippen LogP contribution in [-0.2, 0) is 0 Å². The molecule has 0 unspecified atom stereocenters. The first-order valence-corrected chi connectivity index (χ1v) is 21.6. The number of hydrogen-bond acceptors (Lipinski definition) is 4. The summed E-state index contributed by atoms with van der Waals surface area (Å²) in [6.45, 7) is 4.73. The van der Waals surface area contributed by atoms with E-state index in [2.05, 4.69) is 181 Å². The highest BCUT2D eigenvalue weighted by molar-refractivity contribution is 7.02. The van der Waals surface area contributed by atoms with Crippen molar-refractivity contribution in [3.8, 4) is 33.8 Å². The van der Waals surface area contributed by atoms with Gasteiger partial charge in [-0.2, -0.15) is 0 Å². The second-order valence-corrected chi connectivity index (χ2v) is 17.5. The quantitative estimate of drug-likeness (QED) is 0.131. The van der Waals surface area contributed by atoms with Gasteiger partial charge in [-0.15, -0.1) is 0 Å². The number of fused-ring (bicyclic) bond motifs is 8. The number of para-hydroxylation sites is 4. The molecule has 4 heterocycles. The molecule has 0 bridgehead atoms. The van der Waals surface area contributed by atoms with Gasteiger partial charge in [0.1, 0.15) is 11.5 Å². The lowest BCUT2D eigenvalue weighted by atomic mass is 9.31. The molecular formula is C56H38B2N2O2. The van der Waals surface area contributed by atoms with Gasteiger partial charge in [-0.25, -0.2) is 0 Å². The fraction of sp³-hybridized carbons (Fsp3) is 0.0714. The van der Waals surface area contributed by atoms with Crippen molar-refractivity contribution in [1.29, 1.82) is 0 Å². The summed E-state index contributed by atoms with van der Waals surface area (Å²) < 4.78 is 12.3. The van der Waals surface area contributed by atoms with Gasteiger partial charge in [-0.1, -0.05) is 108 Å². The third kappa shape index (κ3) is 4.19. The second kappa shape index (κ2) is 12.1. The van der Waals surface area contributed by atoms with E-state index in [9.17, 15) is 0 Å². The Morgan fingerprint density at radius 3 is 1.19 bits per heavy atom. The third-order valence-electron chi connectivity index (χ3n) is 14.6. The van der Waals surface area contributed by atoms with Crippen LogP contribution in [0.5, 0.6) is 11.5 Å². The van der Waals surface area contributed by atoms with Crippen LogP contribution >= 0.6 is 0 Å². The number of ether oxygens (including phenoxy) is 2. The number of methoxy groups -OCH3 is 2. The fourth-order valence-electron chi connectivity index (χ4n) is 12.2. The van der Waals surface area contributed by atoms with Gasteiger partial charge in [0, 0.05) is 46.3 Å². The van der Waals surface area contributed by atoms with E-state index in [0.29, 0.717) is 0 Å². The predicted molar refractivity (Wildman–Crippen MR) is 262 cm³/mol. The Morgan fingerprint density at radius 2 is 0.774 bits per heavy atom. The molecule has 0 N–H and O–H groups in total. The molecule has 14 rings (SSSR count). The highest BCUT2D eigenvalue weighted by Crippen LogP contribution is 2.50. The van der Waals surface area contributed by atoms with E-state index in [1.165, 1.54) is 121 Å². The maximum atomic E-state index is 6.17.